The molecule has 0 aliphatic carbocycles. The minimum atomic E-state index is 0.335. The van der Waals surface area contributed by atoms with Crippen LogP contribution in [-0.2, 0) is 13.7 Å². The lowest BCUT2D eigenvalue weighted by Gasteiger charge is -2.22. The van der Waals surface area contributed by atoms with Gasteiger partial charge in [0.15, 0.2) is 10.6 Å². The third kappa shape index (κ3) is 3.09. The maximum Gasteiger partial charge on any atom is 0.199 e. The highest BCUT2D eigenvalue weighted by Gasteiger charge is 2.29. The number of hydrogen-bond acceptors (Lipinski definition) is 5. The van der Waals surface area contributed by atoms with Crippen LogP contribution in [0.5, 0.6) is 0 Å². The molecule has 7 heteroatoms. The van der Waals surface area contributed by atoms with Gasteiger partial charge in [0.05, 0.1) is 22.9 Å². The lowest BCUT2D eigenvalue weighted by molar-refractivity contribution is 0.190. The molecule has 0 radical (unpaired) electrons. The maximum atomic E-state index is 5.68. The van der Waals surface area contributed by atoms with Gasteiger partial charge in [0, 0.05) is 19.2 Å². The summed E-state index contributed by atoms with van der Waals surface area (Å²) in [7, 11) is 1.99. The number of fused-ring (bicyclic) bond motifs is 1. The molecule has 0 N–H and O–H groups in total. The standard InChI is InChI=1S/C21H21N5S2/c1-24-19(15-8-3-2-4-9-15)23-26(21(24)27)14-25-13-7-11-17(25)20-22-16-10-5-6-12-18(16)28-20/h2-6,8-10,12,17H,7,11,13-14H2,1H3/t17-/m0/s1. The van der Waals surface area contributed by atoms with Crippen molar-refractivity contribution in [1.29, 1.82) is 0 Å². The molecule has 0 spiro atoms. The van der Waals surface area contributed by atoms with E-state index in [0.717, 1.165) is 34.6 Å². The van der Waals surface area contributed by atoms with Crippen LogP contribution >= 0.6 is 23.6 Å². The number of hydrogen-bond donors (Lipinski definition) is 0. The molecule has 2 aromatic heterocycles. The van der Waals surface area contributed by atoms with E-state index in [1.807, 2.05) is 34.5 Å². The molecule has 0 bridgehead atoms. The number of benzene rings is 2. The van der Waals surface area contributed by atoms with Gasteiger partial charge in [-0.3, -0.25) is 4.90 Å². The minimum Gasteiger partial charge on any atom is -0.303 e. The highest BCUT2D eigenvalue weighted by Crippen LogP contribution is 2.36. The maximum absolute atomic E-state index is 5.68. The molecule has 1 saturated heterocycles. The predicted octanol–water partition coefficient (Wildman–Crippen LogP) is 5.02. The van der Waals surface area contributed by atoms with Gasteiger partial charge in [0.25, 0.3) is 0 Å². The summed E-state index contributed by atoms with van der Waals surface area (Å²) in [6.45, 7) is 1.74. The minimum absolute atomic E-state index is 0.335. The Bertz CT molecular complexity index is 1140. The molecule has 28 heavy (non-hydrogen) atoms. The van der Waals surface area contributed by atoms with Gasteiger partial charge in [-0.2, -0.15) is 5.10 Å². The Morgan fingerprint density at radius 3 is 2.71 bits per heavy atom. The lowest BCUT2D eigenvalue weighted by Crippen LogP contribution is -2.27. The Hall–Kier alpha value is -2.35. The van der Waals surface area contributed by atoms with Crippen molar-refractivity contribution in [2.24, 2.45) is 7.05 Å². The van der Waals surface area contributed by atoms with E-state index >= 15 is 0 Å². The van der Waals surface area contributed by atoms with Gasteiger partial charge in [0.2, 0.25) is 0 Å². The third-order valence-corrected chi connectivity index (χ3v) is 6.97. The molecule has 4 aromatic rings. The van der Waals surface area contributed by atoms with Crippen LogP contribution in [0.25, 0.3) is 21.6 Å². The Balaban J connectivity index is 1.45. The zero-order valence-corrected chi connectivity index (χ0v) is 17.3. The summed E-state index contributed by atoms with van der Waals surface area (Å²) < 4.78 is 5.94. The van der Waals surface area contributed by atoms with E-state index in [1.165, 1.54) is 16.1 Å². The summed E-state index contributed by atoms with van der Waals surface area (Å²) in [5.74, 6) is 0.904. The fraction of sp³-hybridized carbons (Fsp3) is 0.286. The second-order valence-corrected chi connectivity index (χ2v) is 8.59. The molecule has 5 rings (SSSR count). The number of rotatable bonds is 4. The Labute approximate surface area is 172 Å². The quantitative estimate of drug-likeness (QED) is 0.445. The summed E-state index contributed by atoms with van der Waals surface area (Å²) in [5, 5.41) is 6.03. The molecular formula is C21H21N5S2. The van der Waals surface area contributed by atoms with Crippen LogP contribution in [0.3, 0.4) is 0 Å². The van der Waals surface area contributed by atoms with Gasteiger partial charge in [0.1, 0.15) is 5.01 Å². The first-order valence-corrected chi connectivity index (χ1v) is 10.7. The van der Waals surface area contributed by atoms with E-state index < -0.39 is 0 Å². The summed E-state index contributed by atoms with van der Waals surface area (Å²) in [4.78, 5) is 7.35. The summed E-state index contributed by atoms with van der Waals surface area (Å²) in [6.07, 6.45) is 2.30. The average Bonchev–Trinajstić information content (AvgIpc) is 3.42. The van der Waals surface area contributed by atoms with E-state index in [2.05, 4.69) is 41.3 Å². The molecule has 0 unspecified atom stereocenters. The van der Waals surface area contributed by atoms with Crippen molar-refractivity contribution >= 4 is 33.8 Å². The van der Waals surface area contributed by atoms with Crippen molar-refractivity contribution in [2.45, 2.75) is 25.6 Å². The summed E-state index contributed by atoms with van der Waals surface area (Å²) in [6, 6.07) is 18.9. The average molecular weight is 408 g/mol. The first-order chi connectivity index (χ1) is 13.7. The Kier molecular flexibility index (Phi) is 4.58. The van der Waals surface area contributed by atoms with Crippen LogP contribution in [0.4, 0.5) is 0 Å². The monoisotopic (exact) mass is 407 g/mol. The molecule has 2 aromatic carbocycles. The van der Waals surface area contributed by atoms with Gasteiger partial charge in [-0.05, 0) is 37.2 Å². The second kappa shape index (κ2) is 7.24. The van der Waals surface area contributed by atoms with Crippen LogP contribution in [-0.4, -0.2) is 30.8 Å². The first kappa shape index (κ1) is 17.7. The molecule has 1 aliphatic rings. The predicted molar refractivity (Wildman–Crippen MR) is 116 cm³/mol. The molecular weight excluding hydrogens is 386 g/mol. The van der Waals surface area contributed by atoms with Crippen LogP contribution in [0.1, 0.15) is 23.9 Å². The number of thiazole rings is 1. The van der Waals surface area contributed by atoms with E-state index in [4.69, 9.17) is 22.3 Å². The molecule has 5 nitrogen and oxygen atoms in total. The molecule has 1 fully saturated rings. The van der Waals surface area contributed by atoms with E-state index in [1.54, 1.807) is 11.3 Å². The first-order valence-electron chi connectivity index (χ1n) is 9.49. The summed E-state index contributed by atoms with van der Waals surface area (Å²) >= 11 is 7.48. The number of para-hydroxylation sites is 1. The molecule has 1 aliphatic heterocycles. The highest BCUT2D eigenvalue weighted by atomic mass is 32.1. The SMILES string of the molecule is Cn1c(-c2ccccc2)nn(CN2CCC[C@H]2c2nc3ccccc3s2)c1=S. The van der Waals surface area contributed by atoms with Crippen molar-refractivity contribution in [3.8, 4) is 11.4 Å². The Morgan fingerprint density at radius 1 is 1.11 bits per heavy atom. The van der Waals surface area contributed by atoms with Crippen LogP contribution < -0.4 is 0 Å². The largest absolute Gasteiger partial charge is 0.303 e. The summed E-state index contributed by atoms with van der Waals surface area (Å²) in [5.41, 5.74) is 2.18. The lowest BCUT2D eigenvalue weighted by atomic mass is 10.2. The fourth-order valence-corrected chi connectivity index (χ4v) is 5.22. The normalized spacial score (nSPS) is 17.5. The molecule has 3 heterocycles. The molecule has 142 valence electrons. The van der Waals surface area contributed by atoms with Gasteiger partial charge in [-0.1, -0.05) is 42.5 Å². The van der Waals surface area contributed by atoms with Crippen LogP contribution in [0.2, 0.25) is 0 Å². The van der Waals surface area contributed by atoms with Crippen molar-refractivity contribution in [3.63, 3.8) is 0 Å². The fourth-order valence-electron chi connectivity index (χ4n) is 3.90. The van der Waals surface area contributed by atoms with Crippen molar-refractivity contribution < 1.29 is 0 Å². The van der Waals surface area contributed by atoms with E-state index in [0.29, 0.717) is 12.7 Å². The second-order valence-electron chi connectivity index (χ2n) is 7.16. The van der Waals surface area contributed by atoms with Crippen molar-refractivity contribution in [2.75, 3.05) is 6.54 Å². The highest BCUT2D eigenvalue weighted by molar-refractivity contribution is 7.71. The molecule has 1 atom stereocenters. The van der Waals surface area contributed by atoms with Crippen molar-refractivity contribution in [3.05, 3.63) is 64.4 Å². The van der Waals surface area contributed by atoms with Crippen LogP contribution in [0, 0.1) is 4.77 Å². The van der Waals surface area contributed by atoms with Gasteiger partial charge < -0.3 is 4.57 Å². The van der Waals surface area contributed by atoms with Crippen molar-refractivity contribution in [1.82, 2.24) is 24.2 Å². The molecule has 0 saturated carbocycles. The molecule has 0 amide bonds. The zero-order valence-electron chi connectivity index (χ0n) is 15.7. The number of likely N-dealkylation sites (tertiary alicyclic amines) is 1. The Morgan fingerprint density at radius 2 is 1.89 bits per heavy atom. The number of nitrogens with zero attached hydrogens (tertiary/aromatic N) is 5. The smallest absolute Gasteiger partial charge is 0.199 e. The van der Waals surface area contributed by atoms with Gasteiger partial charge in [-0.15, -0.1) is 11.3 Å². The van der Waals surface area contributed by atoms with Gasteiger partial charge >= 0.3 is 0 Å². The zero-order chi connectivity index (χ0) is 19.1. The van der Waals surface area contributed by atoms with Gasteiger partial charge in [-0.25, -0.2) is 9.67 Å². The van der Waals surface area contributed by atoms with E-state index in [9.17, 15) is 0 Å². The van der Waals surface area contributed by atoms with E-state index in [-0.39, 0.29) is 0 Å². The number of aromatic nitrogens is 4. The van der Waals surface area contributed by atoms with Crippen LogP contribution in [0.15, 0.2) is 54.6 Å². The third-order valence-electron chi connectivity index (χ3n) is 5.35. The topological polar surface area (TPSA) is 38.9 Å².